The number of hydrogen-bond donors (Lipinski definition) is 1. The van der Waals surface area contributed by atoms with Crippen LogP contribution in [0.5, 0.6) is 0 Å². The number of hydrogen-bond acceptors (Lipinski definition) is 4. The third kappa shape index (κ3) is 4.19. The summed E-state index contributed by atoms with van der Waals surface area (Å²) in [6, 6.07) is 0.132. The summed E-state index contributed by atoms with van der Waals surface area (Å²) >= 11 is 0. The fourth-order valence-electron chi connectivity index (χ4n) is 3.26. The Bertz CT molecular complexity index is 436. The summed E-state index contributed by atoms with van der Waals surface area (Å²) in [7, 11) is -2.97. The van der Waals surface area contributed by atoms with Gasteiger partial charge < -0.3 is 10.2 Å². The van der Waals surface area contributed by atoms with E-state index in [2.05, 4.69) is 12.2 Å². The first kappa shape index (κ1) is 15.8. The number of rotatable bonds is 3. The summed E-state index contributed by atoms with van der Waals surface area (Å²) in [5, 5.41) is 3.17. The van der Waals surface area contributed by atoms with Crippen molar-refractivity contribution in [3.8, 4) is 0 Å². The largest absolute Gasteiger partial charge is 0.340 e. The minimum atomic E-state index is -2.97. The summed E-state index contributed by atoms with van der Waals surface area (Å²) in [4.78, 5) is 14.5. The van der Waals surface area contributed by atoms with E-state index >= 15 is 0 Å². The zero-order chi connectivity index (χ0) is 14.6. The Morgan fingerprint density at radius 3 is 2.80 bits per heavy atom. The van der Waals surface area contributed by atoms with E-state index in [-0.39, 0.29) is 23.5 Å². The highest BCUT2D eigenvalue weighted by atomic mass is 32.2. The molecule has 5 nitrogen and oxygen atoms in total. The fraction of sp³-hybridized carbons (Fsp3) is 0.929. The third-order valence-corrected chi connectivity index (χ3v) is 6.13. The van der Waals surface area contributed by atoms with Crippen LogP contribution in [0.15, 0.2) is 0 Å². The van der Waals surface area contributed by atoms with Crippen LogP contribution in [0, 0.1) is 0 Å². The van der Waals surface area contributed by atoms with Gasteiger partial charge in [-0.05, 0) is 19.3 Å². The van der Waals surface area contributed by atoms with Crippen LogP contribution >= 0.6 is 0 Å². The number of nitrogens with zero attached hydrogens (tertiary/aromatic N) is 1. The van der Waals surface area contributed by atoms with Crippen molar-refractivity contribution >= 4 is 15.7 Å². The van der Waals surface area contributed by atoms with Crippen LogP contribution in [0.2, 0.25) is 0 Å². The summed E-state index contributed by atoms with van der Waals surface area (Å²) in [5.74, 6) is 0.413. The molecule has 2 rings (SSSR count). The monoisotopic (exact) mass is 302 g/mol. The van der Waals surface area contributed by atoms with Crippen LogP contribution in [-0.2, 0) is 14.6 Å². The van der Waals surface area contributed by atoms with Gasteiger partial charge in [-0.2, -0.15) is 0 Å². The van der Waals surface area contributed by atoms with E-state index < -0.39 is 9.84 Å². The van der Waals surface area contributed by atoms with E-state index in [0.29, 0.717) is 19.0 Å². The zero-order valence-electron chi connectivity index (χ0n) is 12.3. The van der Waals surface area contributed by atoms with Crippen molar-refractivity contribution in [3.05, 3.63) is 0 Å². The highest BCUT2D eigenvalue weighted by Gasteiger charge is 2.30. The Labute approximate surface area is 122 Å². The molecule has 0 aliphatic carbocycles. The first-order chi connectivity index (χ1) is 9.52. The van der Waals surface area contributed by atoms with Crippen LogP contribution in [0.4, 0.5) is 0 Å². The number of amides is 1. The van der Waals surface area contributed by atoms with Crippen molar-refractivity contribution < 1.29 is 13.2 Å². The van der Waals surface area contributed by atoms with Gasteiger partial charge >= 0.3 is 0 Å². The minimum absolute atomic E-state index is 0.101. The number of likely N-dealkylation sites (tertiary alicyclic amines) is 1. The van der Waals surface area contributed by atoms with E-state index in [0.717, 1.165) is 25.8 Å². The summed E-state index contributed by atoms with van der Waals surface area (Å²) in [6.07, 6.45) is 5.84. The Balaban J connectivity index is 1.95. The molecule has 2 unspecified atom stereocenters. The highest BCUT2D eigenvalue weighted by Crippen LogP contribution is 2.20. The van der Waals surface area contributed by atoms with Crippen LogP contribution in [-0.4, -0.2) is 55.9 Å². The van der Waals surface area contributed by atoms with Crippen LogP contribution in [0.3, 0.4) is 0 Å². The van der Waals surface area contributed by atoms with Crippen LogP contribution in [0.1, 0.15) is 45.4 Å². The molecule has 20 heavy (non-hydrogen) atoms. The standard InChI is InChI=1S/C14H26N2O3S/c1-2-13-6-4-3-5-8-16(13)14(17)10-12-11-20(18,19)9-7-15-12/h12-13,15H,2-11H2,1H3. The highest BCUT2D eigenvalue weighted by molar-refractivity contribution is 7.91. The Kier molecular flexibility index (Phi) is 5.43. The molecule has 2 aliphatic rings. The normalized spacial score (nSPS) is 30.8. The van der Waals surface area contributed by atoms with E-state index in [9.17, 15) is 13.2 Å². The third-order valence-electron chi connectivity index (χ3n) is 4.39. The maximum absolute atomic E-state index is 12.5. The molecule has 0 radical (unpaired) electrons. The molecule has 0 aromatic heterocycles. The van der Waals surface area contributed by atoms with Crippen molar-refractivity contribution in [1.82, 2.24) is 10.2 Å². The summed E-state index contributed by atoms with van der Waals surface area (Å²) in [6.45, 7) is 3.42. The number of sulfone groups is 1. The lowest BCUT2D eigenvalue weighted by atomic mass is 10.1. The van der Waals surface area contributed by atoms with E-state index in [1.807, 2.05) is 4.90 Å². The van der Waals surface area contributed by atoms with E-state index in [4.69, 9.17) is 0 Å². The smallest absolute Gasteiger partial charge is 0.224 e. The Morgan fingerprint density at radius 1 is 1.30 bits per heavy atom. The van der Waals surface area contributed by atoms with Crippen molar-refractivity contribution in [3.63, 3.8) is 0 Å². The Morgan fingerprint density at radius 2 is 2.10 bits per heavy atom. The molecular formula is C14H26N2O3S. The predicted molar refractivity (Wildman–Crippen MR) is 79.3 cm³/mol. The van der Waals surface area contributed by atoms with Crippen LogP contribution in [0.25, 0.3) is 0 Å². The molecule has 2 heterocycles. The van der Waals surface area contributed by atoms with Gasteiger partial charge in [-0.3, -0.25) is 4.79 Å². The molecule has 6 heteroatoms. The average Bonchev–Trinajstić information content (AvgIpc) is 2.62. The molecule has 2 atom stereocenters. The first-order valence-corrected chi connectivity index (χ1v) is 9.57. The lowest BCUT2D eigenvalue weighted by Gasteiger charge is -2.32. The van der Waals surface area contributed by atoms with Gasteiger partial charge in [0.1, 0.15) is 0 Å². The molecule has 0 spiro atoms. The predicted octanol–water partition coefficient (Wildman–Crippen LogP) is 0.944. The quantitative estimate of drug-likeness (QED) is 0.843. The van der Waals surface area contributed by atoms with E-state index in [1.165, 1.54) is 12.8 Å². The van der Waals surface area contributed by atoms with Crippen molar-refractivity contribution in [2.45, 2.75) is 57.5 Å². The number of carbonyl (C=O) groups excluding carboxylic acids is 1. The zero-order valence-corrected chi connectivity index (χ0v) is 13.1. The van der Waals surface area contributed by atoms with Gasteiger partial charge in [-0.1, -0.05) is 19.8 Å². The molecule has 1 N–H and O–H groups in total. The van der Waals surface area contributed by atoms with Gasteiger partial charge in [0.2, 0.25) is 5.91 Å². The second-order valence-corrected chi connectivity index (χ2v) is 8.20. The van der Waals surface area contributed by atoms with Gasteiger partial charge in [0.15, 0.2) is 9.84 Å². The second kappa shape index (κ2) is 6.89. The maximum Gasteiger partial charge on any atom is 0.224 e. The SMILES string of the molecule is CCC1CCCCCN1C(=O)CC1CS(=O)(=O)CCN1. The minimum Gasteiger partial charge on any atom is -0.340 e. The summed E-state index contributed by atoms with van der Waals surface area (Å²) < 4.78 is 23.3. The van der Waals surface area contributed by atoms with Crippen molar-refractivity contribution in [1.29, 1.82) is 0 Å². The van der Waals surface area contributed by atoms with Crippen molar-refractivity contribution in [2.75, 3.05) is 24.6 Å². The number of nitrogens with one attached hydrogen (secondary N) is 1. The number of carbonyl (C=O) groups is 1. The molecule has 1 amide bonds. The lowest BCUT2D eigenvalue weighted by Crippen LogP contribution is -2.49. The lowest BCUT2D eigenvalue weighted by molar-refractivity contribution is -0.134. The van der Waals surface area contributed by atoms with Gasteiger partial charge in [0.25, 0.3) is 0 Å². The van der Waals surface area contributed by atoms with Crippen LogP contribution < -0.4 is 5.32 Å². The average molecular weight is 302 g/mol. The topological polar surface area (TPSA) is 66.5 Å². The van der Waals surface area contributed by atoms with Crippen molar-refractivity contribution in [2.24, 2.45) is 0 Å². The van der Waals surface area contributed by atoms with Gasteiger partial charge in [0.05, 0.1) is 11.5 Å². The molecule has 0 saturated carbocycles. The molecule has 2 saturated heterocycles. The fourth-order valence-corrected chi connectivity index (χ4v) is 4.70. The molecule has 0 aromatic rings. The molecule has 0 bridgehead atoms. The molecule has 0 aromatic carbocycles. The van der Waals surface area contributed by atoms with E-state index in [1.54, 1.807) is 0 Å². The molecule has 2 fully saturated rings. The molecular weight excluding hydrogens is 276 g/mol. The van der Waals surface area contributed by atoms with Gasteiger partial charge in [0, 0.05) is 31.6 Å². The first-order valence-electron chi connectivity index (χ1n) is 7.75. The summed E-state index contributed by atoms with van der Waals surface area (Å²) in [5.41, 5.74) is 0. The second-order valence-electron chi connectivity index (χ2n) is 5.97. The van der Waals surface area contributed by atoms with Gasteiger partial charge in [-0.15, -0.1) is 0 Å². The van der Waals surface area contributed by atoms with Gasteiger partial charge in [-0.25, -0.2) is 8.42 Å². The maximum atomic E-state index is 12.5. The Hall–Kier alpha value is -0.620. The molecule has 116 valence electrons. The molecule has 2 aliphatic heterocycles.